The summed E-state index contributed by atoms with van der Waals surface area (Å²) in [5.41, 5.74) is 9.16. The van der Waals surface area contributed by atoms with E-state index in [1.807, 2.05) is 0 Å². The van der Waals surface area contributed by atoms with Gasteiger partial charge in [-0.3, -0.25) is 0 Å². The molecule has 0 aromatic carbocycles. The van der Waals surface area contributed by atoms with E-state index in [9.17, 15) is 0 Å². The quantitative estimate of drug-likeness (QED) is 0.832. The van der Waals surface area contributed by atoms with Crippen molar-refractivity contribution in [1.82, 2.24) is 4.57 Å². The normalized spacial score (nSPS) is 30.1. The first-order valence-electron chi connectivity index (χ1n) is 7.65. The fraction of sp³-hybridized carbons (Fsp3) is 0.750. The van der Waals surface area contributed by atoms with Crippen molar-refractivity contribution in [3.8, 4) is 0 Å². The molecule has 2 N–H and O–H groups in total. The molecule has 2 heterocycles. The van der Waals surface area contributed by atoms with Crippen LogP contribution in [0.25, 0.3) is 0 Å². The van der Waals surface area contributed by atoms with E-state index in [4.69, 9.17) is 10.5 Å². The van der Waals surface area contributed by atoms with Gasteiger partial charge in [-0.25, -0.2) is 0 Å². The average Bonchev–Trinajstić information content (AvgIpc) is 2.84. The Labute approximate surface area is 116 Å². The van der Waals surface area contributed by atoms with Crippen molar-refractivity contribution < 1.29 is 4.74 Å². The predicted molar refractivity (Wildman–Crippen MR) is 77.1 cm³/mol. The number of aromatic nitrogens is 1. The maximum atomic E-state index is 6.27. The van der Waals surface area contributed by atoms with E-state index in [1.54, 1.807) is 0 Å². The molecule has 0 radical (unpaired) electrons. The number of hydrogen-bond acceptors (Lipinski definition) is 2. The first-order chi connectivity index (χ1) is 9.03. The number of aryl methyl sites for hydroxylation is 1. The lowest BCUT2D eigenvalue weighted by Crippen LogP contribution is -2.22. The minimum Gasteiger partial charge on any atom is -0.370 e. The van der Waals surface area contributed by atoms with Crippen molar-refractivity contribution in [2.45, 2.75) is 76.7 Å². The summed E-state index contributed by atoms with van der Waals surface area (Å²) in [5.74, 6) is 0. The van der Waals surface area contributed by atoms with Gasteiger partial charge in [0.15, 0.2) is 0 Å². The third-order valence-corrected chi connectivity index (χ3v) is 4.58. The highest BCUT2D eigenvalue weighted by atomic mass is 16.5. The van der Waals surface area contributed by atoms with Crippen LogP contribution in [0, 0.1) is 0 Å². The van der Waals surface area contributed by atoms with E-state index in [2.05, 4.69) is 30.8 Å². The molecule has 3 heteroatoms. The molecule has 1 saturated heterocycles. The lowest BCUT2D eigenvalue weighted by atomic mass is 10.1. The van der Waals surface area contributed by atoms with Gasteiger partial charge in [-0.05, 0) is 57.1 Å². The zero-order valence-corrected chi connectivity index (χ0v) is 12.2. The molecule has 1 aromatic rings. The molecule has 0 bridgehead atoms. The molecule has 1 fully saturated rings. The summed E-state index contributed by atoms with van der Waals surface area (Å²) in [6.45, 7) is 5.35. The molecule has 3 rings (SSSR count). The van der Waals surface area contributed by atoms with Crippen LogP contribution in [0.4, 0.5) is 0 Å². The fourth-order valence-corrected chi connectivity index (χ4v) is 3.50. The van der Waals surface area contributed by atoms with Crippen LogP contribution in [0.15, 0.2) is 12.4 Å². The van der Waals surface area contributed by atoms with Gasteiger partial charge in [0.1, 0.15) is 0 Å². The summed E-state index contributed by atoms with van der Waals surface area (Å²) in [6.07, 6.45) is 12.1. The lowest BCUT2D eigenvalue weighted by Gasteiger charge is -2.19. The number of nitrogens with zero attached hydrogens (tertiary/aromatic N) is 1. The van der Waals surface area contributed by atoms with Gasteiger partial charge >= 0.3 is 0 Å². The molecule has 3 nitrogen and oxygen atoms in total. The molecular formula is C16H26N2O. The Bertz CT molecular complexity index is 450. The van der Waals surface area contributed by atoms with Crippen molar-refractivity contribution in [1.29, 1.82) is 0 Å². The van der Waals surface area contributed by atoms with Crippen molar-refractivity contribution in [2.75, 3.05) is 0 Å². The molecule has 106 valence electrons. The highest BCUT2D eigenvalue weighted by Gasteiger charge is 2.31. The smallest absolute Gasteiger partial charge is 0.0762 e. The zero-order chi connectivity index (χ0) is 13.5. The Morgan fingerprint density at radius 2 is 2.16 bits per heavy atom. The van der Waals surface area contributed by atoms with E-state index in [0.29, 0.717) is 6.10 Å². The van der Waals surface area contributed by atoms with E-state index in [1.165, 1.54) is 36.8 Å². The summed E-state index contributed by atoms with van der Waals surface area (Å²) >= 11 is 0. The highest BCUT2D eigenvalue weighted by Crippen LogP contribution is 2.32. The summed E-state index contributed by atoms with van der Waals surface area (Å²) in [4.78, 5) is 0. The fourth-order valence-electron chi connectivity index (χ4n) is 3.50. The second-order valence-corrected chi connectivity index (χ2v) is 6.83. The Morgan fingerprint density at radius 3 is 2.89 bits per heavy atom. The number of nitrogens with two attached hydrogens (primary N) is 1. The van der Waals surface area contributed by atoms with Gasteiger partial charge in [0.2, 0.25) is 0 Å². The number of ether oxygens (including phenoxy) is 1. The molecule has 2 atom stereocenters. The maximum Gasteiger partial charge on any atom is 0.0762 e. The molecule has 0 saturated carbocycles. The van der Waals surface area contributed by atoms with Crippen molar-refractivity contribution in [3.05, 3.63) is 23.5 Å². The Balaban J connectivity index is 1.71. The molecular weight excluding hydrogens is 236 g/mol. The van der Waals surface area contributed by atoms with Crippen molar-refractivity contribution in [2.24, 2.45) is 5.73 Å². The van der Waals surface area contributed by atoms with Crippen LogP contribution < -0.4 is 5.73 Å². The molecule has 1 aliphatic carbocycles. The highest BCUT2D eigenvalue weighted by molar-refractivity contribution is 5.28. The average molecular weight is 262 g/mol. The largest absolute Gasteiger partial charge is 0.370 e. The van der Waals surface area contributed by atoms with Crippen LogP contribution in [-0.4, -0.2) is 16.3 Å². The SMILES string of the molecule is CC1(C)CCC(Cn2cc3c(c2)C(N)CCCC3)O1. The third-order valence-electron chi connectivity index (χ3n) is 4.58. The number of rotatable bonds is 2. The van der Waals surface area contributed by atoms with Crippen LogP contribution in [0.5, 0.6) is 0 Å². The molecule has 2 unspecified atom stereocenters. The standard InChI is InChI=1S/C16H26N2O/c1-16(2)8-7-13(19-16)10-18-9-12-5-3-4-6-15(17)14(12)11-18/h9,11,13,15H,3-8,10,17H2,1-2H3. The van der Waals surface area contributed by atoms with Gasteiger partial charge in [-0.15, -0.1) is 0 Å². The Hall–Kier alpha value is -0.800. The third kappa shape index (κ3) is 2.87. The molecule has 2 aliphatic rings. The Morgan fingerprint density at radius 1 is 1.32 bits per heavy atom. The second kappa shape index (κ2) is 4.95. The summed E-state index contributed by atoms with van der Waals surface area (Å²) < 4.78 is 8.39. The minimum atomic E-state index is 0.0608. The van der Waals surface area contributed by atoms with Crippen LogP contribution in [0.2, 0.25) is 0 Å². The molecule has 0 amide bonds. The van der Waals surface area contributed by atoms with Gasteiger partial charge < -0.3 is 15.0 Å². The van der Waals surface area contributed by atoms with Crippen LogP contribution in [0.3, 0.4) is 0 Å². The molecule has 19 heavy (non-hydrogen) atoms. The van der Waals surface area contributed by atoms with Gasteiger partial charge in [-0.1, -0.05) is 6.42 Å². The summed E-state index contributed by atoms with van der Waals surface area (Å²) in [7, 11) is 0. The topological polar surface area (TPSA) is 40.2 Å². The van der Waals surface area contributed by atoms with Crippen LogP contribution >= 0.6 is 0 Å². The number of hydrogen-bond donors (Lipinski definition) is 1. The van der Waals surface area contributed by atoms with Gasteiger partial charge in [0, 0.05) is 25.0 Å². The van der Waals surface area contributed by atoms with Crippen molar-refractivity contribution in [3.63, 3.8) is 0 Å². The van der Waals surface area contributed by atoms with E-state index in [-0.39, 0.29) is 11.6 Å². The van der Waals surface area contributed by atoms with Gasteiger partial charge in [-0.2, -0.15) is 0 Å². The minimum absolute atomic E-state index is 0.0608. The van der Waals surface area contributed by atoms with Gasteiger partial charge in [0.25, 0.3) is 0 Å². The second-order valence-electron chi connectivity index (χ2n) is 6.83. The molecule has 0 spiro atoms. The molecule has 1 aromatic heterocycles. The summed E-state index contributed by atoms with van der Waals surface area (Å²) in [5, 5.41) is 0. The van der Waals surface area contributed by atoms with Gasteiger partial charge in [0.05, 0.1) is 11.7 Å². The monoisotopic (exact) mass is 262 g/mol. The first-order valence-corrected chi connectivity index (χ1v) is 7.65. The first kappa shape index (κ1) is 13.2. The maximum absolute atomic E-state index is 6.27. The van der Waals surface area contributed by atoms with Crippen LogP contribution in [0.1, 0.15) is 63.1 Å². The van der Waals surface area contributed by atoms with Crippen LogP contribution in [-0.2, 0) is 17.7 Å². The van der Waals surface area contributed by atoms with Crippen molar-refractivity contribution >= 4 is 0 Å². The van der Waals surface area contributed by atoms with E-state index < -0.39 is 0 Å². The number of fused-ring (bicyclic) bond motifs is 1. The zero-order valence-electron chi connectivity index (χ0n) is 12.2. The summed E-state index contributed by atoms with van der Waals surface area (Å²) in [6, 6.07) is 0.236. The molecule has 1 aliphatic heterocycles. The Kier molecular flexibility index (Phi) is 3.44. The lowest BCUT2D eigenvalue weighted by molar-refractivity contribution is -0.0216. The van der Waals surface area contributed by atoms with E-state index >= 15 is 0 Å². The van der Waals surface area contributed by atoms with E-state index in [0.717, 1.165) is 19.4 Å². The predicted octanol–water partition coefficient (Wildman–Crippen LogP) is 3.17.